The van der Waals surface area contributed by atoms with E-state index in [2.05, 4.69) is 15.6 Å². The topological polar surface area (TPSA) is 107 Å². The standard InChI is InChI=1S/C21H27N3O5S/c1-5-28-17(25)12-15-13-30-19(22-15)24-18(26)16(11-14-9-7-6-8-10-14)23-20(27)29-21(2,3)4/h6-10,13,16H,5,11-12H2,1-4H3,(H,23,27)(H,22,24,26). The van der Waals surface area contributed by atoms with E-state index in [1.54, 1.807) is 33.1 Å². The summed E-state index contributed by atoms with van der Waals surface area (Å²) in [7, 11) is 0. The molecule has 2 N–H and O–H groups in total. The summed E-state index contributed by atoms with van der Waals surface area (Å²) in [5, 5.41) is 7.35. The van der Waals surface area contributed by atoms with Gasteiger partial charge in [-0.25, -0.2) is 9.78 Å². The van der Waals surface area contributed by atoms with Crippen LogP contribution in [-0.2, 0) is 31.9 Å². The molecule has 0 aliphatic carbocycles. The molecule has 0 radical (unpaired) electrons. The minimum atomic E-state index is -0.861. The SMILES string of the molecule is CCOC(=O)Cc1csc(NC(=O)C(Cc2ccccc2)NC(=O)OC(C)(C)C)n1. The van der Waals surface area contributed by atoms with Crippen molar-refractivity contribution in [3.05, 3.63) is 47.0 Å². The zero-order chi connectivity index (χ0) is 22.1. The number of aromatic nitrogens is 1. The highest BCUT2D eigenvalue weighted by Crippen LogP contribution is 2.17. The van der Waals surface area contributed by atoms with Crippen molar-refractivity contribution in [2.24, 2.45) is 0 Å². The van der Waals surface area contributed by atoms with Crippen LogP contribution in [0.4, 0.5) is 9.93 Å². The van der Waals surface area contributed by atoms with Crippen LogP contribution in [0.2, 0.25) is 0 Å². The average Bonchev–Trinajstić information content (AvgIpc) is 3.07. The second kappa shape index (κ2) is 10.7. The van der Waals surface area contributed by atoms with Gasteiger partial charge in [-0.1, -0.05) is 30.3 Å². The van der Waals surface area contributed by atoms with E-state index in [-0.39, 0.29) is 18.8 Å². The van der Waals surface area contributed by atoms with Gasteiger partial charge in [-0.05, 0) is 33.3 Å². The quantitative estimate of drug-likeness (QED) is 0.619. The highest BCUT2D eigenvalue weighted by molar-refractivity contribution is 7.13. The highest BCUT2D eigenvalue weighted by Gasteiger charge is 2.25. The van der Waals surface area contributed by atoms with Crippen LogP contribution >= 0.6 is 11.3 Å². The maximum atomic E-state index is 12.8. The van der Waals surface area contributed by atoms with Crippen LogP contribution in [0.25, 0.3) is 0 Å². The molecule has 0 aliphatic rings. The number of nitrogens with one attached hydrogen (secondary N) is 2. The molecule has 2 aromatic rings. The van der Waals surface area contributed by atoms with Crippen molar-refractivity contribution in [2.75, 3.05) is 11.9 Å². The molecule has 1 aromatic heterocycles. The van der Waals surface area contributed by atoms with E-state index < -0.39 is 23.6 Å². The van der Waals surface area contributed by atoms with Gasteiger partial charge in [0.05, 0.1) is 18.7 Å². The number of thiazole rings is 1. The predicted molar refractivity (Wildman–Crippen MR) is 114 cm³/mol. The molecule has 0 spiro atoms. The van der Waals surface area contributed by atoms with Crippen LogP contribution in [0.5, 0.6) is 0 Å². The predicted octanol–water partition coefficient (Wildman–Crippen LogP) is 3.32. The molecule has 2 rings (SSSR count). The largest absolute Gasteiger partial charge is 0.466 e. The molecule has 30 heavy (non-hydrogen) atoms. The lowest BCUT2D eigenvalue weighted by atomic mass is 10.1. The second-order valence-electron chi connectivity index (χ2n) is 7.50. The summed E-state index contributed by atoms with van der Waals surface area (Å²) >= 11 is 1.20. The van der Waals surface area contributed by atoms with E-state index in [9.17, 15) is 14.4 Å². The maximum absolute atomic E-state index is 12.8. The lowest BCUT2D eigenvalue weighted by Gasteiger charge is -2.23. The molecule has 2 amide bonds. The van der Waals surface area contributed by atoms with E-state index >= 15 is 0 Å². The molecule has 0 bridgehead atoms. The van der Waals surface area contributed by atoms with E-state index in [4.69, 9.17) is 9.47 Å². The van der Waals surface area contributed by atoms with Crippen molar-refractivity contribution >= 4 is 34.4 Å². The Morgan fingerprint density at radius 1 is 1.17 bits per heavy atom. The first-order valence-electron chi connectivity index (χ1n) is 9.60. The number of carbonyl (C=O) groups excluding carboxylic acids is 3. The Labute approximate surface area is 180 Å². The number of alkyl carbamates (subject to hydrolysis) is 1. The lowest BCUT2D eigenvalue weighted by molar-refractivity contribution is -0.142. The number of hydrogen-bond donors (Lipinski definition) is 2. The van der Waals surface area contributed by atoms with Gasteiger partial charge in [0.15, 0.2) is 5.13 Å². The van der Waals surface area contributed by atoms with E-state index in [0.717, 1.165) is 5.56 Å². The molecule has 0 fully saturated rings. The van der Waals surface area contributed by atoms with Crippen molar-refractivity contribution in [3.8, 4) is 0 Å². The number of hydrogen-bond acceptors (Lipinski definition) is 7. The van der Waals surface area contributed by atoms with Crippen LogP contribution in [0.3, 0.4) is 0 Å². The third-order valence-electron chi connectivity index (χ3n) is 3.70. The summed E-state index contributed by atoms with van der Waals surface area (Å²) in [4.78, 5) is 40.9. The molecular weight excluding hydrogens is 406 g/mol. The molecule has 1 atom stereocenters. The number of carbonyl (C=O) groups is 3. The summed E-state index contributed by atoms with van der Waals surface area (Å²) in [6, 6.07) is 8.48. The molecule has 8 nitrogen and oxygen atoms in total. The third-order valence-corrected chi connectivity index (χ3v) is 4.51. The van der Waals surface area contributed by atoms with Gasteiger partial charge in [0.2, 0.25) is 5.91 Å². The van der Waals surface area contributed by atoms with Gasteiger partial charge in [-0.3, -0.25) is 9.59 Å². The fourth-order valence-electron chi connectivity index (χ4n) is 2.51. The summed E-state index contributed by atoms with van der Waals surface area (Å²) < 4.78 is 10.2. The molecule has 162 valence electrons. The van der Waals surface area contributed by atoms with Crippen LogP contribution in [-0.4, -0.2) is 41.2 Å². The number of amides is 2. The van der Waals surface area contributed by atoms with Crippen molar-refractivity contribution in [1.29, 1.82) is 0 Å². The Hall–Kier alpha value is -2.94. The average molecular weight is 434 g/mol. The Bertz CT molecular complexity index is 861. The summed E-state index contributed by atoms with van der Waals surface area (Å²) in [6.45, 7) is 7.28. The number of benzene rings is 1. The zero-order valence-electron chi connectivity index (χ0n) is 17.6. The van der Waals surface area contributed by atoms with Gasteiger partial charge in [0, 0.05) is 11.8 Å². The monoisotopic (exact) mass is 433 g/mol. The van der Waals surface area contributed by atoms with Gasteiger partial charge < -0.3 is 20.1 Å². The van der Waals surface area contributed by atoms with E-state index in [1.807, 2.05) is 30.3 Å². The Morgan fingerprint density at radius 3 is 2.50 bits per heavy atom. The Morgan fingerprint density at radius 2 is 1.87 bits per heavy atom. The molecule has 0 saturated heterocycles. The third kappa shape index (κ3) is 8.20. The van der Waals surface area contributed by atoms with Crippen molar-refractivity contribution in [3.63, 3.8) is 0 Å². The minimum absolute atomic E-state index is 0.0316. The van der Waals surface area contributed by atoms with Crippen molar-refractivity contribution in [2.45, 2.75) is 52.2 Å². The number of anilines is 1. The first-order valence-corrected chi connectivity index (χ1v) is 10.5. The first kappa shape index (κ1) is 23.3. The lowest BCUT2D eigenvalue weighted by Crippen LogP contribution is -2.47. The van der Waals surface area contributed by atoms with E-state index in [1.165, 1.54) is 11.3 Å². The number of esters is 1. The fourth-order valence-corrected chi connectivity index (χ4v) is 3.22. The maximum Gasteiger partial charge on any atom is 0.408 e. The fraction of sp³-hybridized carbons (Fsp3) is 0.429. The summed E-state index contributed by atoms with van der Waals surface area (Å²) in [5.41, 5.74) is 0.708. The van der Waals surface area contributed by atoms with Crippen LogP contribution < -0.4 is 10.6 Å². The zero-order valence-corrected chi connectivity index (χ0v) is 18.4. The van der Waals surface area contributed by atoms with Crippen LogP contribution in [0, 0.1) is 0 Å². The van der Waals surface area contributed by atoms with Gasteiger partial charge in [0.1, 0.15) is 11.6 Å². The molecule has 0 aliphatic heterocycles. The first-order chi connectivity index (χ1) is 14.2. The molecule has 1 heterocycles. The minimum Gasteiger partial charge on any atom is -0.466 e. The number of rotatable bonds is 8. The molecule has 1 aromatic carbocycles. The molecule has 9 heteroatoms. The van der Waals surface area contributed by atoms with Crippen LogP contribution in [0.15, 0.2) is 35.7 Å². The smallest absolute Gasteiger partial charge is 0.408 e. The Balaban J connectivity index is 2.07. The highest BCUT2D eigenvalue weighted by atomic mass is 32.1. The van der Waals surface area contributed by atoms with Gasteiger partial charge in [0.25, 0.3) is 0 Å². The Kier molecular flexibility index (Phi) is 8.35. The molecular formula is C21H27N3O5S. The van der Waals surface area contributed by atoms with E-state index in [0.29, 0.717) is 17.4 Å². The summed E-state index contributed by atoms with van der Waals surface area (Å²) in [5.74, 6) is -0.809. The van der Waals surface area contributed by atoms with Gasteiger partial charge >= 0.3 is 12.1 Å². The normalized spacial score (nSPS) is 12.0. The summed E-state index contributed by atoms with van der Waals surface area (Å²) in [6.07, 6.45) is -0.364. The van der Waals surface area contributed by atoms with Gasteiger partial charge in [-0.15, -0.1) is 11.3 Å². The van der Waals surface area contributed by atoms with Crippen molar-refractivity contribution in [1.82, 2.24) is 10.3 Å². The number of nitrogens with zero attached hydrogens (tertiary/aromatic N) is 1. The molecule has 1 unspecified atom stereocenters. The van der Waals surface area contributed by atoms with Crippen LogP contribution in [0.1, 0.15) is 39.0 Å². The number of ether oxygens (including phenoxy) is 2. The molecule has 0 saturated carbocycles. The second-order valence-corrected chi connectivity index (χ2v) is 8.36. The van der Waals surface area contributed by atoms with Gasteiger partial charge in [-0.2, -0.15) is 0 Å². The van der Waals surface area contributed by atoms with Crippen molar-refractivity contribution < 1.29 is 23.9 Å².